The monoisotopic (exact) mass is 861 g/mol. The molecule has 0 unspecified atom stereocenters. The first kappa shape index (κ1) is 43.8. The first-order valence-corrected chi connectivity index (χ1v) is 20.0. The molecule has 0 aliphatic carbocycles. The third kappa shape index (κ3) is 9.32. The largest absolute Gasteiger partial charge is 0.472 e. The highest BCUT2D eigenvalue weighted by molar-refractivity contribution is 7.46. The number of phosphoric acid groups is 1. The zero-order valence-electron chi connectivity index (χ0n) is 32.8. The van der Waals surface area contributed by atoms with Crippen LogP contribution in [0.3, 0.4) is 0 Å². The molecule has 1 aromatic carbocycles. The van der Waals surface area contributed by atoms with Crippen molar-refractivity contribution >= 4 is 43.4 Å². The van der Waals surface area contributed by atoms with Crippen LogP contribution < -0.4 is 20.4 Å². The zero-order valence-corrected chi connectivity index (χ0v) is 33.7. The summed E-state index contributed by atoms with van der Waals surface area (Å²) in [5, 5.41) is 6.65. The van der Waals surface area contributed by atoms with Gasteiger partial charge in [0.2, 0.25) is 18.0 Å². The predicted octanol–water partition coefficient (Wildman–Crippen LogP) is 3.45. The Labute approximate surface area is 340 Å². The molecule has 0 radical (unpaired) electrons. The third-order valence-corrected chi connectivity index (χ3v) is 10.8. The van der Waals surface area contributed by atoms with Crippen molar-refractivity contribution in [2.45, 2.75) is 63.9 Å². The summed E-state index contributed by atoms with van der Waals surface area (Å²) in [6, 6.07) is 4.69. The van der Waals surface area contributed by atoms with Crippen molar-refractivity contribution in [2.75, 3.05) is 45.5 Å². The molecule has 1 fully saturated rings. The molecule has 1 saturated heterocycles. The van der Waals surface area contributed by atoms with E-state index in [1.807, 2.05) is 6.92 Å². The second-order valence-electron chi connectivity index (χ2n) is 14.4. The van der Waals surface area contributed by atoms with E-state index in [2.05, 4.69) is 20.0 Å². The van der Waals surface area contributed by atoms with E-state index < -0.39 is 85.2 Å². The van der Waals surface area contributed by atoms with Gasteiger partial charge < -0.3 is 48.5 Å². The van der Waals surface area contributed by atoms with Gasteiger partial charge in [-0.15, -0.1) is 0 Å². The molecule has 322 valence electrons. The standard InChI is InChI=1S/C37H42F2N7O13P/c1-21-15-37(59-42-21)10-9-22(2)45-19-28(37)46-18-26(33(48)41-16-23-7-8-25(38)14-27(23)39)30(47)31(29(46)34(45)49)58-35(50)43(3)32-24(6-5-11-40-32)17-44(12-13-55-4)36(51)56-20-57-60(52,53)54/h5-8,11,14,18,22,28H,9-10,12-13,15-17,19-20H2,1-4H3,(H,41,48)(H2,52,53,54)/t22-,28+,37-/m0/s1. The number of phosphoric ester groups is 1. The number of halogens is 2. The second-order valence-corrected chi connectivity index (χ2v) is 15.6. The number of ether oxygens (including phenoxy) is 3. The SMILES string of the molecule is COCCN(Cc1cccnc1N(C)C(=O)Oc1c2n(cc(C(=O)NCc3ccc(F)cc3F)c1=O)[C@@H]1CN(C2=O)[C@@H](C)CC[C@]12CC(C)=NO2)C(=O)OCOP(=O)(O)O. The molecule has 3 atom stereocenters. The van der Waals surface area contributed by atoms with Crippen LogP contribution in [0, 0.1) is 11.6 Å². The van der Waals surface area contributed by atoms with E-state index in [0.29, 0.717) is 31.0 Å². The first-order chi connectivity index (χ1) is 28.4. The van der Waals surface area contributed by atoms with Crippen molar-refractivity contribution in [1.29, 1.82) is 0 Å². The van der Waals surface area contributed by atoms with Crippen LogP contribution in [0.1, 0.15) is 71.1 Å². The Kier molecular flexibility index (Phi) is 13.0. The molecule has 2 aromatic heterocycles. The van der Waals surface area contributed by atoms with Gasteiger partial charge in [-0.05, 0) is 38.8 Å². The van der Waals surface area contributed by atoms with E-state index in [0.717, 1.165) is 21.9 Å². The van der Waals surface area contributed by atoms with Crippen LogP contribution in [-0.4, -0.2) is 111 Å². The van der Waals surface area contributed by atoms with Crippen LogP contribution in [0.15, 0.2) is 52.7 Å². The number of methoxy groups -OCH3 is 1. The number of anilines is 1. The average molecular weight is 862 g/mol. The number of nitrogens with zero attached hydrogens (tertiary/aromatic N) is 6. The van der Waals surface area contributed by atoms with Crippen molar-refractivity contribution in [3.63, 3.8) is 0 Å². The lowest BCUT2D eigenvalue weighted by Crippen LogP contribution is -2.52. The van der Waals surface area contributed by atoms with Gasteiger partial charge in [0.15, 0.2) is 11.3 Å². The average Bonchev–Trinajstić information content (AvgIpc) is 3.53. The van der Waals surface area contributed by atoms with Gasteiger partial charge in [0, 0.05) is 75.8 Å². The topological polar surface area (TPSA) is 241 Å². The molecule has 60 heavy (non-hydrogen) atoms. The zero-order chi connectivity index (χ0) is 43.5. The molecule has 1 spiro atoms. The number of hydrogen-bond donors (Lipinski definition) is 3. The van der Waals surface area contributed by atoms with Crippen molar-refractivity contribution in [3.05, 3.63) is 87.0 Å². The Morgan fingerprint density at radius 1 is 1.15 bits per heavy atom. The fourth-order valence-electron chi connectivity index (χ4n) is 7.28. The van der Waals surface area contributed by atoms with Crippen molar-refractivity contribution in [2.24, 2.45) is 5.16 Å². The van der Waals surface area contributed by atoms with Gasteiger partial charge in [0.1, 0.15) is 23.0 Å². The van der Waals surface area contributed by atoms with Gasteiger partial charge in [-0.1, -0.05) is 17.3 Å². The molecule has 3 N–H and O–H groups in total. The summed E-state index contributed by atoms with van der Waals surface area (Å²) in [6.07, 6.45) is 1.49. The second kappa shape index (κ2) is 17.8. The number of rotatable bonds is 13. The number of benzene rings is 1. The van der Waals surface area contributed by atoms with Crippen LogP contribution in [0.5, 0.6) is 5.75 Å². The number of nitrogens with one attached hydrogen (secondary N) is 1. The van der Waals surface area contributed by atoms with Gasteiger partial charge in [-0.3, -0.25) is 19.3 Å². The lowest BCUT2D eigenvalue weighted by molar-refractivity contribution is -0.0655. The molecule has 23 heteroatoms. The first-order valence-electron chi connectivity index (χ1n) is 18.5. The Balaban J connectivity index is 1.37. The summed E-state index contributed by atoms with van der Waals surface area (Å²) in [7, 11) is -2.34. The van der Waals surface area contributed by atoms with Crippen LogP contribution in [-0.2, 0) is 36.5 Å². The predicted molar refractivity (Wildman–Crippen MR) is 204 cm³/mol. The van der Waals surface area contributed by atoms with Crippen molar-refractivity contribution in [3.8, 4) is 5.75 Å². The summed E-state index contributed by atoms with van der Waals surface area (Å²) >= 11 is 0. The summed E-state index contributed by atoms with van der Waals surface area (Å²) in [5.74, 6) is -4.33. The fraction of sp³-hybridized carbons (Fsp3) is 0.432. The smallest absolute Gasteiger partial charge is 0.422 e. The Hall–Kier alpha value is -5.80. The summed E-state index contributed by atoms with van der Waals surface area (Å²) in [6.45, 7) is 1.80. The van der Waals surface area contributed by atoms with Crippen molar-refractivity contribution in [1.82, 2.24) is 24.7 Å². The maximum Gasteiger partial charge on any atom is 0.472 e. The molecule has 5 heterocycles. The summed E-state index contributed by atoms with van der Waals surface area (Å²) in [4.78, 5) is 101. The van der Waals surface area contributed by atoms with Gasteiger partial charge in [-0.2, -0.15) is 0 Å². The molecule has 3 aliphatic rings. The maximum absolute atomic E-state index is 14.5. The number of carbonyl (C=O) groups is 4. The molecule has 4 amide bonds. The number of amides is 4. The van der Waals surface area contributed by atoms with Crippen LogP contribution in [0.25, 0.3) is 0 Å². The van der Waals surface area contributed by atoms with Crippen LogP contribution in [0.4, 0.5) is 24.2 Å². The molecule has 3 aromatic rings. The quantitative estimate of drug-likeness (QED) is 0.165. The highest BCUT2D eigenvalue weighted by Crippen LogP contribution is 2.46. The van der Waals surface area contributed by atoms with E-state index in [1.165, 1.54) is 43.3 Å². The molecule has 0 saturated carbocycles. The van der Waals surface area contributed by atoms with E-state index >= 15 is 0 Å². The number of pyridine rings is 2. The minimum absolute atomic E-state index is 0.00240. The molecular weight excluding hydrogens is 819 g/mol. The van der Waals surface area contributed by atoms with Gasteiger partial charge in [0.25, 0.3) is 11.8 Å². The minimum Gasteiger partial charge on any atom is -0.422 e. The molecular formula is C37H42F2N7O13P. The van der Waals surface area contributed by atoms with Gasteiger partial charge in [-0.25, -0.2) is 32.4 Å². The number of aromatic nitrogens is 2. The lowest BCUT2D eigenvalue weighted by Gasteiger charge is -2.42. The molecule has 6 rings (SSSR count). The van der Waals surface area contributed by atoms with Crippen LogP contribution in [0.2, 0.25) is 0 Å². The molecule has 2 bridgehead atoms. The Morgan fingerprint density at radius 3 is 2.60 bits per heavy atom. The van der Waals surface area contributed by atoms with Gasteiger partial charge in [0.05, 0.1) is 24.9 Å². The number of hydrogen-bond acceptors (Lipinski definition) is 13. The maximum atomic E-state index is 14.5. The highest BCUT2D eigenvalue weighted by Gasteiger charge is 2.54. The Morgan fingerprint density at radius 2 is 1.92 bits per heavy atom. The van der Waals surface area contributed by atoms with E-state index in [9.17, 15) is 37.3 Å². The number of fused-ring (bicyclic) bond motifs is 5. The van der Waals surface area contributed by atoms with E-state index in [4.69, 9.17) is 28.8 Å². The van der Waals surface area contributed by atoms with E-state index in [-0.39, 0.29) is 54.9 Å². The van der Waals surface area contributed by atoms with Gasteiger partial charge >= 0.3 is 20.0 Å². The summed E-state index contributed by atoms with van der Waals surface area (Å²) in [5.41, 5.74) is -2.25. The third-order valence-electron chi connectivity index (χ3n) is 10.4. The van der Waals surface area contributed by atoms with E-state index in [1.54, 1.807) is 11.8 Å². The van der Waals surface area contributed by atoms with Crippen LogP contribution >= 0.6 is 7.82 Å². The number of carbonyl (C=O) groups excluding carboxylic acids is 4. The normalized spacial score (nSPS) is 19.5. The lowest BCUT2D eigenvalue weighted by atomic mass is 9.84. The fourth-order valence-corrected chi connectivity index (χ4v) is 7.47. The molecule has 20 nitrogen and oxygen atoms in total. The molecule has 3 aliphatic heterocycles. The summed E-state index contributed by atoms with van der Waals surface area (Å²) < 4.78 is 60.5. The minimum atomic E-state index is -4.96. The number of oxime groups is 1. The highest BCUT2D eigenvalue weighted by atomic mass is 31.2. The van der Waals surface area contributed by atoms with Crippen molar-refractivity contribution < 1.29 is 65.9 Å². The Bertz CT molecular complexity index is 2320.